The summed E-state index contributed by atoms with van der Waals surface area (Å²) < 4.78 is 5.28. The number of amides is 2. The average Bonchev–Trinajstić information content (AvgIpc) is 2.80. The van der Waals surface area contributed by atoms with Crippen LogP contribution in [0, 0.1) is 0 Å². The highest BCUT2D eigenvalue weighted by molar-refractivity contribution is 6.01. The third-order valence-electron chi connectivity index (χ3n) is 5.08. The summed E-state index contributed by atoms with van der Waals surface area (Å²) in [6.07, 6.45) is 7.03. The molecule has 0 atom stereocenters. The predicted molar refractivity (Wildman–Crippen MR) is 119 cm³/mol. The van der Waals surface area contributed by atoms with Gasteiger partial charge in [0.25, 0.3) is 0 Å². The molecular weight excluding hydrogens is 378 g/mol. The van der Waals surface area contributed by atoms with E-state index in [9.17, 15) is 4.79 Å². The smallest absolute Gasteiger partial charge is 0.323 e. The second-order valence-corrected chi connectivity index (χ2v) is 7.14. The van der Waals surface area contributed by atoms with E-state index in [1.807, 2.05) is 36.4 Å². The van der Waals surface area contributed by atoms with Crippen molar-refractivity contribution in [2.24, 2.45) is 0 Å². The molecule has 4 rings (SSSR count). The van der Waals surface area contributed by atoms with Crippen LogP contribution in [0.2, 0.25) is 0 Å². The number of anilines is 3. The SMILES string of the molecule is COc1ccccc1NC(=O)Nc1cccc(-c2nccnc2N2CCCCC2)c1. The number of hydrogen-bond acceptors (Lipinski definition) is 5. The highest BCUT2D eigenvalue weighted by atomic mass is 16.5. The Morgan fingerprint density at radius 1 is 0.967 bits per heavy atom. The van der Waals surface area contributed by atoms with Crippen molar-refractivity contribution < 1.29 is 9.53 Å². The van der Waals surface area contributed by atoms with E-state index in [2.05, 4.69) is 25.5 Å². The van der Waals surface area contributed by atoms with E-state index >= 15 is 0 Å². The third kappa shape index (κ3) is 4.51. The van der Waals surface area contributed by atoms with Crippen LogP contribution in [-0.2, 0) is 0 Å². The maximum Gasteiger partial charge on any atom is 0.323 e. The number of hydrogen-bond donors (Lipinski definition) is 2. The van der Waals surface area contributed by atoms with Crippen LogP contribution >= 0.6 is 0 Å². The fourth-order valence-corrected chi connectivity index (χ4v) is 3.65. The fraction of sp³-hybridized carbons (Fsp3) is 0.261. The molecule has 3 aromatic rings. The topological polar surface area (TPSA) is 79.4 Å². The lowest BCUT2D eigenvalue weighted by Gasteiger charge is -2.28. The molecular formula is C23H25N5O2. The molecule has 2 amide bonds. The van der Waals surface area contributed by atoms with Gasteiger partial charge in [-0.3, -0.25) is 4.98 Å². The van der Waals surface area contributed by atoms with Crippen LogP contribution in [0.4, 0.5) is 22.0 Å². The molecule has 7 nitrogen and oxygen atoms in total. The first kappa shape index (κ1) is 19.7. The molecule has 1 aromatic heterocycles. The lowest BCUT2D eigenvalue weighted by Crippen LogP contribution is -2.30. The molecule has 0 spiro atoms. The molecule has 2 heterocycles. The van der Waals surface area contributed by atoms with Crippen molar-refractivity contribution in [3.05, 3.63) is 60.9 Å². The normalized spacial score (nSPS) is 13.6. The Labute approximate surface area is 176 Å². The van der Waals surface area contributed by atoms with E-state index in [1.165, 1.54) is 19.3 Å². The standard InChI is InChI=1S/C23H25N5O2/c1-30-20-11-4-3-10-19(20)27-23(29)26-18-9-7-8-17(16-18)21-22(25-13-12-24-21)28-14-5-2-6-15-28/h3-4,7-13,16H,2,5-6,14-15H2,1H3,(H2,26,27,29). The summed E-state index contributed by atoms with van der Waals surface area (Å²) in [6.45, 7) is 1.98. The van der Waals surface area contributed by atoms with Gasteiger partial charge in [-0.25, -0.2) is 9.78 Å². The van der Waals surface area contributed by atoms with Crippen molar-refractivity contribution >= 4 is 23.2 Å². The molecule has 1 saturated heterocycles. The van der Waals surface area contributed by atoms with Crippen LogP contribution in [0.5, 0.6) is 5.75 Å². The summed E-state index contributed by atoms with van der Waals surface area (Å²) in [5, 5.41) is 5.70. The molecule has 0 bridgehead atoms. The number of nitrogens with zero attached hydrogens (tertiary/aromatic N) is 3. The number of para-hydroxylation sites is 2. The van der Waals surface area contributed by atoms with Gasteiger partial charge < -0.3 is 20.3 Å². The summed E-state index contributed by atoms with van der Waals surface area (Å²) in [6, 6.07) is 14.6. The van der Waals surface area contributed by atoms with Crippen LogP contribution in [0.25, 0.3) is 11.3 Å². The fourth-order valence-electron chi connectivity index (χ4n) is 3.65. The van der Waals surface area contributed by atoms with Crippen molar-refractivity contribution in [2.75, 3.05) is 35.7 Å². The average molecular weight is 403 g/mol. The molecule has 2 aromatic carbocycles. The highest BCUT2D eigenvalue weighted by Crippen LogP contribution is 2.30. The van der Waals surface area contributed by atoms with Crippen LogP contribution < -0.4 is 20.3 Å². The predicted octanol–water partition coefficient (Wildman–Crippen LogP) is 4.79. The number of aromatic nitrogens is 2. The second kappa shape index (κ2) is 9.26. The largest absolute Gasteiger partial charge is 0.495 e. The molecule has 0 saturated carbocycles. The van der Waals surface area contributed by atoms with Crippen LogP contribution in [0.3, 0.4) is 0 Å². The summed E-state index contributed by atoms with van der Waals surface area (Å²) in [7, 11) is 1.57. The number of carbonyl (C=O) groups is 1. The van der Waals surface area contributed by atoms with Gasteiger partial charge in [-0.2, -0.15) is 0 Å². The minimum Gasteiger partial charge on any atom is -0.495 e. The zero-order valence-corrected chi connectivity index (χ0v) is 17.0. The van der Waals surface area contributed by atoms with E-state index in [4.69, 9.17) is 4.74 Å². The number of piperidine rings is 1. The van der Waals surface area contributed by atoms with Crippen molar-refractivity contribution in [1.29, 1.82) is 0 Å². The van der Waals surface area contributed by atoms with Gasteiger partial charge in [0.2, 0.25) is 0 Å². The minimum absolute atomic E-state index is 0.341. The molecule has 0 aliphatic carbocycles. The zero-order valence-electron chi connectivity index (χ0n) is 17.0. The number of rotatable bonds is 5. The van der Waals surface area contributed by atoms with Gasteiger partial charge in [-0.15, -0.1) is 0 Å². The molecule has 154 valence electrons. The van der Waals surface area contributed by atoms with Crippen LogP contribution in [0.15, 0.2) is 60.9 Å². The Morgan fingerprint density at radius 2 is 1.77 bits per heavy atom. The van der Waals surface area contributed by atoms with E-state index in [0.29, 0.717) is 17.1 Å². The van der Waals surface area contributed by atoms with E-state index in [0.717, 1.165) is 30.2 Å². The summed E-state index contributed by atoms with van der Waals surface area (Å²) in [5.74, 6) is 1.50. The Hall–Kier alpha value is -3.61. The van der Waals surface area contributed by atoms with Gasteiger partial charge in [0.05, 0.1) is 12.8 Å². The Morgan fingerprint density at radius 3 is 2.60 bits per heavy atom. The molecule has 2 N–H and O–H groups in total. The van der Waals surface area contributed by atoms with Gasteiger partial charge >= 0.3 is 6.03 Å². The first-order valence-electron chi connectivity index (χ1n) is 10.1. The summed E-state index contributed by atoms with van der Waals surface area (Å²) in [5.41, 5.74) is 3.03. The number of carbonyl (C=O) groups excluding carboxylic acids is 1. The summed E-state index contributed by atoms with van der Waals surface area (Å²) in [4.78, 5) is 24.0. The zero-order chi connectivity index (χ0) is 20.8. The molecule has 1 aliphatic heterocycles. The molecule has 30 heavy (non-hydrogen) atoms. The number of benzene rings is 2. The lowest BCUT2D eigenvalue weighted by molar-refractivity contribution is 0.262. The quantitative estimate of drug-likeness (QED) is 0.640. The van der Waals surface area contributed by atoms with Gasteiger partial charge in [0, 0.05) is 36.7 Å². The first-order chi connectivity index (χ1) is 14.7. The molecule has 1 aliphatic rings. The number of methoxy groups -OCH3 is 1. The first-order valence-corrected chi connectivity index (χ1v) is 10.1. The van der Waals surface area contributed by atoms with Crippen LogP contribution in [0.1, 0.15) is 19.3 Å². The molecule has 0 unspecified atom stereocenters. The number of ether oxygens (including phenoxy) is 1. The minimum atomic E-state index is -0.341. The summed E-state index contributed by atoms with van der Waals surface area (Å²) >= 11 is 0. The van der Waals surface area contributed by atoms with E-state index in [-0.39, 0.29) is 6.03 Å². The second-order valence-electron chi connectivity index (χ2n) is 7.14. The van der Waals surface area contributed by atoms with E-state index < -0.39 is 0 Å². The van der Waals surface area contributed by atoms with Crippen LogP contribution in [-0.4, -0.2) is 36.2 Å². The van der Waals surface area contributed by atoms with Crippen molar-refractivity contribution in [3.63, 3.8) is 0 Å². The highest BCUT2D eigenvalue weighted by Gasteiger charge is 2.18. The van der Waals surface area contributed by atoms with Gasteiger partial charge in [-0.1, -0.05) is 24.3 Å². The third-order valence-corrected chi connectivity index (χ3v) is 5.08. The van der Waals surface area contributed by atoms with Gasteiger partial charge in [-0.05, 0) is 43.5 Å². The van der Waals surface area contributed by atoms with Crippen molar-refractivity contribution in [2.45, 2.75) is 19.3 Å². The Balaban J connectivity index is 1.53. The van der Waals surface area contributed by atoms with E-state index in [1.54, 1.807) is 31.6 Å². The van der Waals surface area contributed by atoms with Crippen molar-refractivity contribution in [3.8, 4) is 17.0 Å². The maximum atomic E-state index is 12.5. The molecule has 0 radical (unpaired) electrons. The monoisotopic (exact) mass is 403 g/mol. The Bertz CT molecular complexity index is 1020. The van der Waals surface area contributed by atoms with Gasteiger partial charge in [0.1, 0.15) is 11.4 Å². The maximum absolute atomic E-state index is 12.5. The number of nitrogens with one attached hydrogen (secondary N) is 2. The molecule has 7 heteroatoms. The molecule has 1 fully saturated rings. The van der Waals surface area contributed by atoms with Crippen molar-refractivity contribution in [1.82, 2.24) is 9.97 Å². The Kier molecular flexibility index (Phi) is 6.08. The lowest BCUT2D eigenvalue weighted by atomic mass is 10.1. The number of urea groups is 1. The van der Waals surface area contributed by atoms with Gasteiger partial charge in [0.15, 0.2) is 5.82 Å².